The lowest BCUT2D eigenvalue weighted by molar-refractivity contribution is -0.192. The summed E-state index contributed by atoms with van der Waals surface area (Å²) in [5, 5.41) is 14.9. The lowest BCUT2D eigenvalue weighted by Gasteiger charge is -2.56. The van der Waals surface area contributed by atoms with E-state index >= 15 is 0 Å². The zero-order valence-electron chi connectivity index (χ0n) is 14.2. The summed E-state index contributed by atoms with van der Waals surface area (Å²) in [7, 11) is 0. The molecule has 0 aromatic heterocycles. The van der Waals surface area contributed by atoms with E-state index in [-0.39, 0.29) is 17.2 Å². The monoisotopic (exact) mass is 350 g/mol. The molecule has 6 heteroatoms. The number of nitrogens with one attached hydrogen (secondary N) is 1. The molecule has 1 aromatic carbocycles. The average Bonchev–Trinajstić information content (AvgIpc) is 2.44. The Labute approximate surface area is 147 Å². The molecule has 3 atom stereocenters. The number of amides is 2. The van der Waals surface area contributed by atoms with Crippen molar-refractivity contribution in [2.45, 2.75) is 45.4 Å². The van der Waals surface area contributed by atoms with Crippen LogP contribution < -0.4 is 5.32 Å². The van der Waals surface area contributed by atoms with Gasteiger partial charge in [-0.1, -0.05) is 37.6 Å². The highest BCUT2D eigenvalue weighted by Crippen LogP contribution is 2.50. The van der Waals surface area contributed by atoms with Crippen molar-refractivity contribution >= 4 is 23.4 Å². The van der Waals surface area contributed by atoms with Crippen LogP contribution in [0.15, 0.2) is 24.3 Å². The highest BCUT2D eigenvalue weighted by atomic mass is 35.5. The molecule has 2 amide bonds. The van der Waals surface area contributed by atoms with Crippen molar-refractivity contribution in [2.75, 3.05) is 6.54 Å². The van der Waals surface area contributed by atoms with Crippen molar-refractivity contribution in [1.29, 1.82) is 0 Å². The van der Waals surface area contributed by atoms with Gasteiger partial charge in [-0.3, -0.25) is 9.69 Å². The number of hydrogen-bond donors (Lipinski definition) is 2. The van der Waals surface area contributed by atoms with E-state index in [2.05, 4.69) is 5.32 Å². The molecule has 1 aliphatic heterocycles. The number of fused-ring (bicyclic) bond motifs is 1. The molecule has 3 rings (SSSR count). The summed E-state index contributed by atoms with van der Waals surface area (Å²) >= 11 is 5.94. The van der Waals surface area contributed by atoms with Gasteiger partial charge in [0.05, 0.1) is 12.0 Å². The standard InChI is InChI=1S/C18H23ClN2O3/c1-4-21-16(23)20-15(11-5-7-12(19)8-6-11)14-13(22)9-17(2,3)10-18(14,21)24/h5-8,14-15,24H,4,9-10H2,1-3H3,(H,20,23). The van der Waals surface area contributed by atoms with Gasteiger partial charge in [0.2, 0.25) is 0 Å². The van der Waals surface area contributed by atoms with E-state index in [1.807, 2.05) is 20.8 Å². The number of urea groups is 1. The molecule has 2 N–H and O–H groups in total. The van der Waals surface area contributed by atoms with Crippen LogP contribution in [0.4, 0.5) is 4.79 Å². The van der Waals surface area contributed by atoms with Gasteiger partial charge in [-0.2, -0.15) is 0 Å². The molecule has 0 spiro atoms. The minimum absolute atomic E-state index is 0.0212. The predicted molar refractivity (Wildman–Crippen MR) is 91.6 cm³/mol. The van der Waals surface area contributed by atoms with Gasteiger partial charge in [-0.15, -0.1) is 0 Å². The summed E-state index contributed by atoms with van der Waals surface area (Å²) in [5.41, 5.74) is -1.04. The number of halogens is 1. The van der Waals surface area contributed by atoms with E-state index < -0.39 is 17.7 Å². The van der Waals surface area contributed by atoms with Gasteiger partial charge < -0.3 is 10.4 Å². The minimum Gasteiger partial charge on any atom is -0.370 e. The molecule has 3 unspecified atom stereocenters. The zero-order valence-corrected chi connectivity index (χ0v) is 14.9. The molecule has 0 radical (unpaired) electrons. The summed E-state index contributed by atoms with van der Waals surface area (Å²) in [6.45, 7) is 6.06. The first-order valence-corrected chi connectivity index (χ1v) is 8.64. The van der Waals surface area contributed by atoms with Crippen molar-refractivity contribution in [3.8, 4) is 0 Å². The SMILES string of the molecule is CCN1C(=O)NC(c2ccc(Cl)cc2)C2C(=O)CC(C)(C)CC21O. The predicted octanol–water partition coefficient (Wildman–Crippen LogP) is 3.12. The smallest absolute Gasteiger partial charge is 0.320 e. The third-order valence-corrected chi connectivity index (χ3v) is 5.36. The number of Topliss-reactive ketones (excluding diaryl/α,β-unsaturated/α-hetero) is 1. The van der Waals surface area contributed by atoms with Gasteiger partial charge >= 0.3 is 6.03 Å². The second-order valence-corrected chi connectivity index (χ2v) is 8.00. The van der Waals surface area contributed by atoms with E-state index in [9.17, 15) is 14.7 Å². The fourth-order valence-electron chi connectivity index (χ4n) is 4.27. The lowest BCUT2D eigenvalue weighted by atomic mass is 9.63. The van der Waals surface area contributed by atoms with Crippen molar-refractivity contribution in [3.05, 3.63) is 34.9 Å². The van der Waals surface area contributed by atoms with Crippen molar-refractivity contribution in [2.24, 2.45) is 11.3 Å². The Balaban J connectivity index is 2.08. The number of rotatable bonds is 2. The maximum Gasteiger partial charge on any atom is 0.320 e. The number of carbonyl (C=O) groups is 2. The van der Waals surface area contributed by atoms with E-state index in [1.165, 1.54) is 4.90 Å². The van der Waals surface area contributed by atoms with Crippen molar-refractivity contribution < 1.29 is 14.7 Å². The summed E-state index contributed by atoms with van der Waals surface area (Å²) in [4.78, 5) is 26.9. The Morgan fingerprint density at radius 3 is 2.50 bits per heavy atom. The molecule has 1 aliphatic carbocycles. The van der Waals surface area contributed by atoms with E-state index in [1.54, 1.807) is 24.3 Å². The fraction of sp³-hybridized carbons (Fsp3) is 0.556. The van der Waals surface area contributed by atoms with Crippen molar-refractivity contribution in [1.82, 2.24) is 10.2 Å². The molecule has 1 saturated heterocycles. The largest absolute Gasteiger partial charge is 0.370 e. The maximum atomic E-state index is 12.9. The number of benzene rings is 1. The third-order valence-electron chi connectivity index (χ3n) is 5.11. The maximum absolute atomic E-state index is 12.9. The number of aliphatic hydroxyl groups is 1. The molecular formula is C18H23ClN2O3. The van der Waals surface area contributed by atoms with Crippen LogP contribution in [0.1, 0.15) is 45.2 Å². The number of carbonyl (C=O) groups excluding carboxylic acids is 2. The van der Waals surface area contributed by atoms with Crippen LogP contribution in [0.3, 0.4) is 0 Å². The molecular weight excluding hydrogens is 328 g/mol. The lowest BCUT2D eigenvalue weighted by Crippen LogP contribution is -2.71. The molecule has 1 saturated carbocycles. The molecule has 1 aromatic rings. The molecule has 130 valence electrons. The molecule has 0 bridgehead atoms. The molecule has 2 aliphatic rings. The van der Waals surface area contributed by atoms with Crippen LogP contribution in [0.5, 0.6) is 0 Å². The third kappa shape index (κ3) is 2.70. The fourth-order valence-corrected chi connectivity index (χ4v) is 4.39. The molecule has 2 fully saturated rings. The quantitative estimate of drug-likeness (QED) is 0.861. The zero-order chi connectivity index (χ0) is 17.7. The van der Waals surface area contributed by atoms with Gasteiger partial charge in [0, 0.05) is 24.4 Å². The minimum atomic E-state index is -1.47. The van der Waals surface area contributed by atoms with Gasteiger partial charge in [0.1, 0.15) is 5.78 Å². The highest BCUT2D eigenvalue weighted by Gasteiger charge is 2.60. The number of hydrogen-bond acceptors (Lipinski definition) is 3. The second-order valence-electron chi connectivity index (χ2n) is 7.56. The average molecular weight is 351 g/mol. The highest BCUT2D eigenvalue weighted by molar-refractivity contribution is 6.30. The Hall–Kier alpha value is -1.59. The van der Waals surface area contributed by atoms with Crippen LogP contribution >= 0.6 is 11.6 Å². The van der Waals surface area contributed by atoms with Crippen molar-refractivity contribution in [3.63, 3.8) is 0 Å². The normalized spacial score (nSPS) is 32.3. The molecule has 1 heterocycles. The number of ketones is 1. The number of nitrogens with zero attached hydrogens (tertiary/aromatic N) is 1. The molecule has 5 nitrogen and oxygen atoms in total. The first kappa shape index (κ1) is 17.2. The van der Waals surface area contributed by atoms with Gasteiger partial charge in [-0.25, -0.2) is 4.79 Å². The Bertz CT molecular complexity index is 673. The summed E-state index contributed by atoms with van der Waals surface area (Å²) in [6.07, 6.45) is 0.763. The van der Waals surface area contributed by atoms with Crippen LogP contribution in [-0.2, 0) is 4.79 Å². The summed E-state index contributed by atoms with van der Waals surface area (Å²) in [5.74, 6) is -0.712. The Kier molecular flexibility index (Phi) is 4.12. The first-order chi connectivity index (χ1) is 11.2. The van der Waals surface area contributed by atoms with Gasteiger partial charge in [0.25, 0.3) is 0 Å². The van der Waals surface area contributed by atoms with Crippen LogP contribution in [0.25, 0.3) is 0 Å². The second kappa shape index (κ2) is 5.74. The Morgan fingerprint density at radius 2 is 1.92 bits per heavy atom. The summed E-state index contributed by atoms with van der Waals surface area (Å²) in [6, 6.07) is 6.15. The summed E-state index contributed by atoms with van der Waals surface area (Å²) < 4.78 is 0. The van der Waals surface area contributed by atoms with E-state index in [0.29, 0.717) is 24.4 Å². The first-order valence-electron chi connectivity index (χ1n) is 8.27. The topological polar surface area (TPSA) is 69.6 Å². The Morgan fingerprint density at radius 1 is 1.29 bits per heavy atom. The van der Waals surface area contributed by atoms with Crippen LogP contribution in [0, 0.1) is 11.3 Å². The van der Waals surface area contributed by atoms with Gasteiger partial charge in [-0.05, 0) is 30.0 Å². The van der Waals surface area contributed by atoms with Crippen LogP contribution in [0.2, 0.25) is 5.02 Å². The van der Waals surface area contributed by atoms with Gasteiger partial charge in [0.15, 0.2) is 5.72 Å². The van der Waals surface area contributed by atoms with Crippen LogP contribution in [-0.4, -0.2) is 34.1 Å². The van der Waals surface area contributed by atoms with E-state index in [0.717, 1.165) is 5.56 Å². The molecule has 24 heavy (non-hydrogen) atoms. The van der Waals surface area contributed by atoms with E-state index in [4.69, 9.17) is 11.6 Å².